The van der Waals surface area contributed by atoms with Crippen molar-refractivity contribution in [2.75, 3.05) is 25.9 Å². The fourth-order valence-electron chi connectivity index (χ4n) is 2.39. The third kappa shape index (κ3) is 2.15. The van der Waals surface area contributed by atoms with Crippen LogP contribution >= 0.6 is 11.3 Å². The van der Waals surface area contributed by atoms with E-state index in [1.165, 1.54) is 35.6 Å². The number of thiazole rings is 1. The minimum absolute atomic E-state index is 0.643. The van der Waals surface area contributed by atoms with E-state index in [0.29, 0.717) is 5.92 Å². The number of aromatic nitrogens is 1. The second-order valence-electron chi connectivity index (χ2n) is 4.86. The van der Waals surface area contributed by atoms with Crippen LogP contribution in [-0.2, 0) is 0 Å². The van der Waals surface area contributed by atoms with Crippen LogP contribution in [0.3, 0.4) is 0 Å². The van der Waals surface area contributed by atoms with Crippen molar-refractivity contribution < 1.29 is 0 Å². The SMILES string of the molecule is CN1CCC(c2nc3ccc(N)cc3s2)CC1. The number of hydrogen-bond donors (Lipinski definition) is 1. The van der Waals surface area contributed by atoms with Gasteiger partial charge in [0.2, 0.25) is 0 Å². The zero-order chi connectivity index (χ0) is 11.8. The van der Waals surface area contributed by atoms with Gasteiger partial charge in [0, 0.05) is 11.6 Å². The van der Waals surface area contributed by atoms with E-state index in [9.17, 15) is 0 Å². The Balaban J connectivity index is 1.90. The maximum Gasteiger partial charge on any atom is 0.0970 e. The molecule has 0 unspecified atom stereocenters. The number of likely N-dealkylation sites (tertiary alicyclic amines) is 1. The van der Waals surface area contributed by atoms with Gasteiger partial charge in [-0.2, -0.15) is 0 Å². The second kappa shape index (κ2) is 4.27. The molecular weight excluding hydrogens is 230 g/mol. The van der Waals surface area contributed by atoms with Gasteiger partial charge in [-0.1, -0.05) is 0 Å². The lowest BCUT2D eigenvalue weighted by molar-refractivity contribution is 0.255. The van der Waals surface area contributed by atoms with Crippen LogP contribution in [0.4, 0.5) is 5.69 Å². The number of fused-ring (bicyclic) bond motifs is 1. The lowest BCUT2D eigenvalue weighted by Crippen LogP contribution is -2.29. The highest BCUT2D eigenvalue weighted by Gasteiger charge is 2.21. The van der Waals surface area contributed by atoms with Crippen LogP contribution in [0.15, 0.2) is 18.2 Å². The molecule has 90 valence electrons. The maximum absolute atomic E-state index is 5.80. The lowest BCUT2D eigenvalue weighted by atomic mass is 9.98. The van der Waals surface area contributed by atoms with Crippen LogP contribution in [0, 0.1) is 0 Å². The zero-order valence-electron chi connectivity index (χ0n) is 10.0. The van der Waals surface area contributed by atoms with E-state index in [4.69, 9.17) is 10.7 Å². The summed E-state index contributed by atoms with van der Waals surface area (Å²) in [7, 11) is 2.19. The molecule has 1 aromatic heterocycles. The summed E-state index contributed by atoms with van der Waals surface area (Å²) in [5, 5.41) is 1.29. The normalized spacial score (nSPS) is 18.9. The molecule has 2 heterocycles. The minimum atomic E-state index is 0.643. The highest BCUT2D eigenvalue weighted by molar-refractivity contribution is 7.18. The smallest absolute Gasteiger partial charge is 0.0970 e. The molecule has 17 heavy (non-hydrogen) atoms. The van der Waals surface area contributed by atoms with E-state index < -0.39 is 0 Å². The van der Waals surface area contributed by atoms with Gasteiger partial charge in [0.25, 0.3) is 0 Å². The summed E-state index contributed by atoms with van der Waals surface area (Å²) in [6.07, 6.45) is 2.46. The van der Waals surface area contributed by atoms with E-state index in [1.807, 2.05) is 29.5 Å². The lowest BCUT2D eigenvalue weighted by Gasteiger charge is -2.27. The molecule has 1 fully saturated rings. The number of rotatable bonds is 1. The van der Waals surface area contributed by atoms with Crippen molar-refractivity contribution in [1.29, 1.82) is 0 Å². The Hall–Kier alpha value is -1.13. The second-order valence-corrected chi connectivity index (χ2v) is 5.92. The number of piperidine rings is 1. The molecule has 1 aliphatic heterocycles. The van der Waals surface area contributed by atoms with Gasteiger partial charge in [-0.05, 0) is 51.2 Å². The topological polar surface area (TPSA) is 42.2 Å². The molecule has 0 atom stereocenters. The van der Waals surface area contributed by atoms with Crippen molar-refractivity contribution in [2.45, 2.75) is 18.8 Å². The van der Waals surface area contributed by atoms with Gasteiger partial charge >= 0.3 is 0 Å². The van der Waals surface area contributed by atoms with Crippen molar-refractivity contribution in [1.82, 2.24) is 9.88 Å². The molecule has 1 aromatic carbocycles. The number of hydrogen-bond acceptors (Lipinski definition) is 4. The van der Waals surface area contributed by atoms with Crippen LogP contribution in [-0.4, -0.2) is 30.0 Å². The average molecular weight is 247 g/mol. The molecule has 2 aromatic rings. The Morgan fingerprint density at radius 1 is 1.35 bits per heavy atom. The molecule has 1 aliphatic rings. The van der Waals surface area contributed by atoms with Crippen LogP contribution in [0.1, 0.15) is 23.8 Å². The summed E-state index contributed by atoms with van der Waals surface area (Å²) in [6, 6.07) is 5.99. The van der Waals surface area contributed by atoms with Crippen molar-refractivity contribution >= 4 is 27.2 Å². The van der Waals surface area contributed by atoms with E-state index in [-0.39, 0.29) is 0 Å². The molecule has 0 aliphatic carbocycles. The van der Waals surface area contributed by atoms with Crippen LogP contribution in [0.25, 0.3) is 10.2 Å². The third-order valence-corrected chi connectivity index (χ3v) is 4.68. The largest absolute Gasteiger partial charge is 0.399 e. The molecule has 1 saturated heterocycles. The number of nitrogen functional groups attached to an aromatic ring is 1. The third-order valence-electron chi connectivity index (χ3n) is 3.50. The molecule has 3 rings (SSSR count). The van der Waals surface area contributed by atoms with Crippen molar-refractivity contribution in [3.63, 3.8) is 0 Å². The predicted molar refractivity (Wildman–Crippen MR) is 73.5 cm³/mol. The molecule has 0 bridgehead atoms. The summed E-state index contributed by atoms with van der Waals surface area (Å²) in [5.74, 6) is 0.643. The summed E-state index contributed by atoms with van der Waals surface area (Å²) in [5.41, 5.74) is 7.73. The van der Waals surface area contributed by atoms with E-state index in [0.717, 1.165) is 11.2 Å². The first-order valence-corrected chi connectivity index (χ1v) is 6.88. The van der Waals surface area contributed by atoms with Crippen molar-refractivity contribution in [3.05, 3.63) is 23.2 Å². The van der Waals surface area contributed by atoms with Gasteiger partial charge in [0.15, 0.2) is 0 Å². The molecule has 0 amide bonds. The van der Waals surface area contributed by atoms with Gasteiger partial charge < -0.3 is 10.6 Å². The Morgan fingerprint density at radius 3 is 2.88 bits per heavy atom. The van der Waals surface area contributed by atoms with E-state index in [2.05, 4.69) is 11.9 Å². The van der Waals surface area contributed by atoms with Crippen molar-refractivity contribution in [3.8, 4) is 0 Å². The van der Waals surface area contributed by atoms with Gasteiger partial charge in [-0.15, -0.1) is 11.3 Å². The van der Waals surface area contributed by atoms with Crippen LogP contribution in [0.2, 0.25) is 0 Å². The average Bonchev–Trinajstić information content (AvgIpc) is 2.72. The maximum atomic E-state index is 5.80. The van der Waals surface area contributed by atoms with Gasteiger partial charge in [-0.3, -0.25) is 0 Å². The van der Waals surface area contributed by atoms with Gasteiger partial charge in [0.05, 0.1) is 15.2 Å². The van der Waals surface area contributed by atoms with Gasteiger partial charge in [-0.25, -0.2) is 4.98 Å². The molecule has 0 spiro atoms. The van der Waals surface area contributed by atoms with Gasteiger partial charge in [0.1, 0.15) is 0 Å². The number of nitrogens with zero attached hydrogens (tertiary/aromatic N) is 2. The monoisotopic (exact) mass is 247 g/mol. The van der Waals surface area contributed by atoms with Crippen LogP contribution in [0.5, 0.6) is 0 Å². The highest BCUT2D eigenvalue weighted by Crippen LogP contribution is 2.34. The molecule has 4 heteroatoms. The standard InChI is InChI=1S/C13H17N3S/c1-16-6-4-9(5-7-16)13-15-11-3-2-10(14)8-12(11)17-13/h2-3,8-9H,4-7,14H2,1H3. The molecule has 3 nitrogen and oxygen atoms in total. The minimum Gasteiger partial charge on any atom is -0.399 e. The first-order chi connectivity index (χ1) is 8.22. The summed E-state index contributed by atoms with van der Waals surface area (Å²) in [4.78, 5) is 7.14. The Kier molecular flexibility index (Phi) is 2.76. The molecule has 0 saturated carbocycles. The number of benzene rings is 1. The fraction of sp³-hybridized carbons (Fsp3) is 0.462. The summed E-state index contributed by atoms with van der Waals surface area (Å²) in [6.45, 7) is 2.37. The summed E-state index contributed by atoms with van der Waals surface area (Å²) < 4.78 is 1.22. The zero-order valence-corrected chi connectivity index (χ0v) is 10.8. The first kappa shape index (κ1) is 11.0. The summed E-state index contributed by atoms with van der Waals surface area (Å²) >= 11 is 1.81. The van der Waals surface area contributed by atoms with Crippen molar-refractivity contribution in [2.24, 2.45) is 0 Å². The Morgan fingerprint density at radius 2 is 2.12 bits per heavy atom. The van der Waals surface area contributed by atoms with Crippen LogP contribution < -0.4 is 5.73 Å². The number of anilines is 1. The molecule has 0 radical (unpaired) electrons. The Labute approximate surface area is 105 Å². The van der Waals surface area contributed by atoms with E-state index in [1.54, 1.807) is 0 Å². The first-order valence-electron chi connectivity index (χ1n) is 6.07. The Bertz CT molecular complexity index is 526. The predicted octanol–water partition coefficient (Wildman–Crippen LogP) is 2.69. The van der Waals surface area contributed by atoms with E-state index >= 15 is 0 Å². The molecular formula is C13H17N3S. The highest BCUT2D eigenvalue weighted by atomic mass is 32.1. The quantitative estimate of drug-likeness (QED) is 0.788. The fourth-order valence-corrected chi connectivity index (χ4v) is 3.57. The molecule has 2 N–H and O–H groups in total. The number of nitrogens with two attached hydrogens (primary N) is 1.